The molecule has 4 heteroatoms. The molecule has 2 rings (SSSR count). The first-order valence-electron chi connectivity index (χ1n) is 6.65. The molecule has 0 bridgehead atoms. The van der Waals surface area contributed by atoms with Crippen LogP contribution < -0.4 is 10.2 Å². The van der Waals surface area contributed by atoms with Crippen LogP contribution in [0.15, 0.2) is 18.5 Å². The Bertz CT molecular complexity index is 375. The van der Waals surface area contributed by atoms with E-state index in [2.05, 4.69) is 42.2 Å². The largest absolute Gasteiger partial charge is 0.379 e. The maximum absolute atomic E-state index is 5.46. The van der Waals surface area contributed by atoms with Crippen LogP contribution in [0.1, 0.15) is 25.8 Å². The van der Waals surface area contributed by atoms with Gasteiger partial charge in [0.05, 0.1) is 12.6 Å². The lowest BCUT2D eigenvalue weighted by atomic mass is 10.1. The molecule has 1 fully saturated rings. The van der Waals surface area contributed by atoms with Gasteiger partial charge in [0.25, 0.3) is 0 Å². The third kappa shape index (κ3) is 3.21. The predicted octanol–water partition coefficient (Wildman–Crippen LogP) is 1.80. The lowest BCUT2D eigenvalue weighted by Gasteiger charge is -2.27. The van der Waals surface area contributed by atoms with Crippen molar-refractivity contribution in [2.24, 2.45) is 0 Å². The first-order chi connectivity index (χ1) is 8.68. The fraction of sp³-hybridized carbons (Fsp3) is 0.643. The summed E-state index contributed by atoms with van der Waals surface area (Å²) in [5.74, 6) is 0. The van der Waals surface area contributed by atoms with Crippen LogP contribution in [0, 0.1) is 0 Å². The lowest BCUT2D eigenvalue weighted by Crippen LogP contribution is -2.33. The highest BCUT2D eigenvalue weighted by molar-refractivity contribution is 5.52. The molecule has 1 N–H and O–H groups in total. The van der Waals surface area contributed by atoms with Crippen molar-refractivity contribution >= 4 is 5.69 Å². The van der Waals surface area contributed by atoms with Gasteiger partial charge in [0.2, 0.25) is 0 Å². The molecule has 1 atom stereocenters. The molecule has 4 nitrogen and oxygen atoms in total. The van der Waals surface area contributed by atoms with E-state index in [0.717, 1.165) is 26.2 Å². The van der Waals surface area contributed by atoms with Crippen LogP contribution in [0.2, 0.25) is 0 Å². The maximum Gasteiger partial charge on any atom is 0.0670 e. The van der Waals surface area contributed by atoms with Gasteiger partial charge in [-0.2, -0.15) is 0 Å². The molecule has 1 aromatic rings. The van der Waals surface area contributed by atoms with Gasteiger partial charge in [0.1, 0.15) is 0 Å². The Morgan fingerprint density at radius 1 is 1.56 bits per heavy atom. The number of nitrogens with one attached hydrogen (secondary N) is 1. The zero-order chi connectivity index (χ0) is 13.0. The summed E-state index contributed by atoms with van der Waals surface area (Å²) in [6, 6.07) is 3.07. The van der Waals surface area contributed by atoms with Crippen molar-refractivity contribution in [1.29, 1.82) is 0 Å². The summed E-state index contributed by atoms with van der Waals surface area (Å²) in [5, 5.41) is 3.45. The van der Waals surface area contributed by atoms with Gasteiger partial charge < -0.3 is 15.0 Å². The molecule has 100 valence electrons. The maximum atomic E-state index is 5.46. The second-order valence-corrected chi connectivity index (χ2v) is 5.17. The first kappa shape index (κ1) is 13.3. The van der Waals surface area contributed by atoms with E-state index in [1.807, 2.05) is 12.4 Å². The highest BCUT2D eigenvalue weighted by Crippen LogP contribution is 2.23. The number of likely N-dealkylation sites (N-methyl/N-ethyl adjacent to an activating group) is 1. The van der Waals surface area contributed by atoms with Gasteiger partial charge in [-0.25, -0.2) is 0 Å². The molecule has 1 saturated heterocycles. The Morgan fingerprint density at radius 2 is 2.39 bits per heavy atom. The fourth-order valence-electron chi connectivity index (χ4n) is 2.24. The predicted molar refractivity (Wildman–Crippen MR) is 73.8 cm³/mol. The van der Waals surface area contributed by atoms with E-state index in [1.165, 1.54) is 11.3 Å². The molecule has 1 aliphatic heterocycles. The van der Waals surface area contributed by atoms with E-state index in [4.69, 9.17) is 4.74 Å². The van der Waals surface area contributed by atoms with Gasteiger partial charge in [0.15, 0.2) is 0 Å². The number of anilines is 1. The summed E-state index contributed by atoms with van der Waals surface area (Å²) >= 11 is 0. The molecule has 0 radical (unpaired) electrons. The minimum atomic E-state index is 0.484. The van der Waals surface area contributed by atoms with Gasteiger partial charge in [-0.3, -0.25) is 4.98 Å². The van der Waals surface area contributed by atoms with Crippen LogP contribution in [0.25, 0.3) is 0 Å². The monoisotopic (exact) mass is 249 g/mol. The highest BCUT2D eigenvalue weighted by Gasteiger charge is 2.22. The summed E-state index contributed by atoms with van der Waals surface area (Å²) in [7, 11) is 2.15. The van der Waals surface area contributed by atoms with E-state index in [1.54, 1.807) is 0 Å². The van der Waals surface area contributed by atoms with Gasteiger partial charge >= 0.3 is 0 Å². The van der Waals surface area contributed by atoms with Gasteiger partial charge in [-0.1, -0.05) is 13.8 Å². The zero-order valence-electron chi connectivity index (χ0n) is 11.5. The van der Waals surface area contributed by atoms with Gasteiger partial charge in [-0.15, -0.1) is 0 Å². The van der Waals surface area contributed by atoms with E-state index < -0.39 is 0 Å². The minimum Gasteiger partial charge on any atom is -0.379 e. The van der Waals surface area contributed by atoms with Crippen LogP contribution in [0.3, 0.4) is 0 Å². The standard InChI is InChI=1S/C14H23N3O/c1-11(2)16-9-12-8-15-6-4-14(12)17(3)13-5-7-18-10-13/h4,6,8,11,13,16H,5,7,9-10H2,1-3H3. The smallest absolute Gasteiger partial charge is 0.0670 e. The molecule has 0 aromatic carbocycles. The van der Waals surface area contributed by atoms with Crippen molar-refractivity contribution in [3.05, 3.63) is 24.0 Å². The number of ether oxygens (including phenoxy) is 1. The van der Waals surface area contributed by atoms with Crippen molar-refractivity contribution < 1.29 is 4.74 Å². The van der Waals surface area contributed by atoms with Crippen LogP contribution >= 0.6 is 0 Å². The minimum absolute atomic E-state index is 0.484. The molecule has 1 aliphatic rings. The lowest BCUT2D eigenvalue weighted by molar-refractivity contribution is 0.193. The molecule has 1 aromatic heterocycles. The van der Waals surface area contributed by atoms with Gasteiger partial charge in [-0.05, 0) is 12.5 Å². The van der Waals surface area contributed by atoms with E-state index in [9.17, 15) is 0 Å². The SMILES string of the molecule is CC(C)NCc1cnccc1N(C)C1CCOC1. The van der Waals surface area contributed by atoms with E-state index >= 15 is 0 Å². The molecule has 1 unspecified atom stereocenters. The molecule has 0 spiro atoms. The normalized spacial score (nSPS) is 19.4. The molecular formula is C14H23N3O. The van der Waals surface area contributed by atoms with Crippen LogP contribution in [-0.2, 0) is 11.3 Å². The van der Waals surface area contributed by atoms with E-state index in [-0.39, 0.29) is 0 Å². The number of aromatic nitrogens is 1. The topological polar surface area (TPSA) is 37.4 Å². The van der Waals surface area contributed by atoms with Crippen molar-refractivity contribution in [3.63, 3.8) is 0 Å². The van der Waals surface area contributed by atoms with Crippen molar-refractivity contribution in [2.75, 3.05) is 25.2 Å². The molecule has 0 saturated carbocycles. The van der Waals surface area contributed by atoms with Crippen molar-refractivity contribution in [1.82, 2.24) is 10.3 Å². The number of pyridine rings is 1. The summed E-state index contributed by atoms with van der Waals surface area (Å²) in [5.41, 5.74) is 2.51. The fourth-order valence-corrected chi connectivity index (χ4v) is 2.24. The Hall–Kier alpha value is -1.13. The second kappa shape index (κ2) is 6.16. The third-order valence-electron chi connectivity index (χ3n) is 3.41. The van der Waals surface area contributed by atoms with Gasteiger partial charge in [0, 0.05) is 49.9 Å². The average Bonchev–Trinajstić information content (AvgIpc) is 2.89. The Balaban J connectivity index is 2.10. The van der Waals surface area contributed by atoms with E-state index in [0.29, 0.717) is 12.1 Å². The summed E-state index contributed by atoms with van der Waals surface area (Å²) < 4.78 is 5.46. The second-order valence-electron chi connectivity index (χ2n) is 5.17. The quantitative estimate of drug-likeness (QED) is 0.863. The molecule has 18 heavy (non-hydrogen) atoms. The van der Waals surface area contributed by atoms with Crippen LogP contribution in [0.4, 0.5) is 5.69 Å². The molecule has 0 amide bonds. The summed E-state index contributed by atoms with van der Waals surface area (Å²) in [4.78, 5) is 6.56. The molecule has 0 aliphatic carbocycles. The van der Waals surface area contributed by atoms with Crippen LogP contribution in [0.5, 0.6) is 0 Å². The molecule has 2 heterocycles. The Kier molecular flexibility index (Phi) is 4.55. The Morgan fingerprint density at radius 3 is 3.06 bits per heavy atom. The number of rotatable bonds is 5. The summed E-state index contributed by atoms with van der Waals surface area (Å²) in [6.45, 7) is 6.88. The number of hydrogen-bond acceptors (Lipinski definition) is 4. The van der Waals surface area contributed by atoms with Crippen LogP contribution in [-0.4, -0.2) is 37.3 Å². The van der Waals surface area contributed by atoms with Crippen molar-refractivity contribution in [2.45, 2.75) is 38.9 Å². The molecular weight excluding hydrogens is 226 g/mol. The summed E-state index contributed by atoms with van der Waals surface area (Å²) in [6.07, 6.45) is 4.92. The Labute approximate surface area is 109 Å². The number of nitrogens with zero attached hydrogens (tertiary/aromatic N) is 2. The highest BCUT2D eigenvalue weighted by atomic mass is 16.5. The number of hydrogen-bond donors (Lipinski definition) is 1. The van der Waals surface area contributed by atoms with Crippen molar-refractivity contribution in [3.8, 4) is 0 Å². The third-order valence-corrected chi connectivity index (χ3v) is 3.41. The average molecular weight is 249 g/mol. The zero-order valence-corrected chi connectivity index (χ0v) is 11.5. The first-order valence-corrected chi connectivity index (χ1v) is 6.65.